The summed E-state index contributed by atoms with van der Waals surface area (Å²) >= 11 is 5.88. The maximum Gasteiger partial charge on any atom is 0.269 e. The normalized spacial score (nSPS) is 13.7. The Hall–Kier alpha value is -1.35. The van der Waals surface area contributed by atoms with E-state index in [4.69, 9.17) is 11.6 Å². The Kier molecular flexibility index (Phi) is 3.86. The minimum atomic E-state index is -0.412. The number of hydrogen-bond acceptors (Lipinski definition) is 2. The molecule has 0 fully saturated rings. The maximum absolute atomic E-state index is 10.4. The average molecular weight is 226 g/mol. The molecule has 0 heterocycles. The number of rotatable bonds is 3. The van der Waals surface area contributed by atoms with E-state index in [1.54, 1.807) is 12.1 Å². The topological polar surface area (TPSA) is 43.1 Å². The highest BCUT2D eigenvalue weighted by Crippen LogP contribution is 2.16. The summed E-state index contributed by atoms with van der Waals surface area (Å²) in [5.41, 5.74) is 2.06. The van der Waals surface area contributed by atoms with Gasteiger partial charge in [-0.1, -0.05) is 11.6 Å². The van der Waals surface area contributed by atoms with Gasteiger partial charge in [0.05, 0.1) is 10.3 Å². The molecule has 4 heteroatoms. The largest absolute Gasteiger partial charge is 0.269 e. The quantitative estimate of drug-likeness (QED) is 0.448. The molecular formula is C11H12ClNO2. The van der Waals surface area contributed by atoms with Gasteiger partial charge >= 0.3 is 0 Å². The number of alkyl halides is 1. The Morgan fingerprint density at radius 3 is 2.40 bits per heavy atom. The van der Waals surface area contributed by atoms with E-state index >= 15 is 0 Å². The fraction of sp³-hybridized carbons (Fsp3) is 0.273. The number of nitrogens with zero attached hydrogens (tertiary/aromatic N) is 1. The maximum atomic E-state index is 10.4. The molecule has 1 unspecified atom stereocenters. The summed E-state index contributed by atoms with van der Waals surface area (Å²) < 4.78 is 0. The SMILES string of the molecule is C/C(=C\c1ccc([N+](=O)[O-])cc1)C(C)Cl. The van der Waals surface area contributed by atoms with Crippen LogP contribution in [0.15, 0.2) is 29.8 Å². The second kappa shape index (κ2) is 4.94. The summed E-state index contributed by atoms with van der Waals surface area (Å²) in [6, 6.07) is 6.39. The monoisotopic (exact) mass is 225 g/mol. The number of nitro benzene ring substituents is 1. The summed E-state index contributed by atoms with van der Waals surface area (Å²) in [6.07, 6.45) is 1.92. The zero-order valence-corrected chi connectivity index (χ0v) is 9.36. The summed E-state index contributed by atoms with van der Waals surface area (Å²) in [4.78, 5) is 10.00. The van der Waals surface area contributed by atoms with Gasteiger partial charge in [-0.2, -0.15) is 0 Å². The van der Waals surface area contributed by atoms with Crippen molar-refractivity contribution in [3.05, 3.63) is 45.5 Å². The second-order valence-electron chi connectivity index (χ2n) is 3.35. The van der Waals surface area contributed by atoms with E-state index in [1.807, 2.05) is 19.9 Å². The number of nitro groups is 1. The van der Waals surface area contributed by atoms with Crippen LogP contribution in [0.1, 0.15) is 19.4 Å². The Morgan fingerprint density at radius 2 is 2.00 bits per heavy atom. The van der Waals surface area contributed by atoms with Gasteiger partial charge in [0.1, 0.15) is 0 Å². The summed E-state index contributed by atoms with van der Waals surface area (Å²) in [7, 11) is 0. The molecule has 0 saturated carbocycles. The van der Waals surface area contributed by atoms with Gasteiger partial charge in [0.15, 0.2) is 0 Å². The molecule has 0 bridgehead atoms. The van der Waals surface area contributed by atoms with E-state index in [0.29, 0.717) is 0 Å². The molecule has 0 aliphatic rings. The van der Waals surface area contributed by atoms with Gasteiger partial charge < -0.3 is 0 Å². The summed E-state index contributed by atoms with van der Waals surface area (Å²) in [5, 5.41) is 10.4. The van der Waals surface area contributed by atoms with E-state index < -0.39 is 4.92 Å². The fourth-order valence-electron chi connectivity index (χ4n) is 1.07. The van der Waals surface area contributed by atoms with Gasteiger partial charge in [-0.05, 0) is 31.5 Å². The molecule has 3 nitrogen and oxygen atoms in total. The number of hydrogen-bond donors (Lipinski definition) is 0. The predicted octanol–water partition coefficient (Wildman–Crippen LogP) is 3.63. The molecule has 0 saturated heterocycles. The molecule has 0 aliphatic heterocycles. The molecule has 80 valence electrons. The van der Waals surface area contributed by atoms with Crippen LogP contribution in [0, 0.1) is 10.1 Å². The molecule has 0 aromatic heterocycles. The third-order valence-corrected chi connectivity index (χ3v) is 2.47. The minimum absolute atomic E-state index is 0.0276. The van der Waals surface area contributed by atoms with Crippen LogP contribution in [0.25, 0.3) is 6.08 Å². The molecule has 0 aliphatic carbocycles. The Labute approximate surface area is 93.5 Å². The van der Waals surface area contributed by atoms with Crippen LogP contribution >= 0.6 is 11.6 Å². The van der Waals surface area contributed by atoms with Crippen LogP contribution in [-0.4, -0.2) is 10.3 Å². The third kappa shape index (κ3) is 3.36. The van der Waals surface area contributed by atoms with Gasteiger partial charge in [-0.3, -0.25) is 10.1 Å². The highest BCUT2D eigenvalue weighted by atomic mass is 35.5. The first kappa shape index (κ1) is 11.7. The zero-order valence-electron chi connectivity index (χ0n) is 8.61. The highest BCUT2D eigenvalue weighted by molar-refractivity contribution is 6.22. The van der Waals surface area contributed by atoms with Crippen molar-refractivity contribution in [2.45, 2.75) is 19.2 Å². The van der Waals surface area contributed by atoms with Crippen LogP contribution < -0.4 is 0 Å². The molecule has 1 rings (SSSR count). The Balaban J connectivity index is 2.90. The highest BCUT2D eigenvalue weighted by Gasteiger charge is 2.03. The molecule has 0 radical (unpaired) electrons. The van der Waals surface area contributed by atoms with Gasteiger partial charge in [-0.15, -0.1) is 11.6 Å². The number of non-ortho nitro benzene ring substituents is 1. The Morgan fingerprint density at radius 1 is 1.47 bits per heavy atom. The number of benzene rings is 1. The van der Waals surface area contributed by atoms with Crippen molar-refractivity contribution in [3.63, 3.8) is 0 Å². The molecule has 1 aromatic carbocycles. The molecular weight excluding hydrogens is 214 g/mol. The average Bonchev–Trinajstić information content (AvgIpc) is 2.18. The standard InChI is InChI=1S/C11H12ClNO2/c1-8(9(2)12)7-10-3-5-11(6-4-10)13(14)15/h3-7,9H,1-2H3/b8-7+. The van der Waals surface area contributed by atoms with E-state index in [-0.39, 0.29) is 11.1 Å². The van der Waals surface area contributed by atoms with Crippen molar-refractivity contribution in [2.24, 2.45) is 0 Å². The Bertz CT molecular complexity index is 382. The molecule has 0 N–H and O–H groups in total. The predicted molar refractivity (Wildman–Crippen MR) is 62.1 cm³/mol. The van der Waals surface area contributed by atoms with Crippen LogP contribution in [0.4, 0.5) is 5.69 Å². The summed E-state index contributed by atoms with van der Waals surface area (Å²) in [5.74, 6) is 0. The van der Waals surface area contributed by atoms with Crippen molar-refractivity contribution in [3.8, 4) is 0 Å². The van der Waals surface area contributed by atoms with Gasteiger partial charge in [0.25, 0.3) is 5.69 Å². The second-order valence-corrected chi connectivity index (χ2v) is 4.01. The molecule has 0 spiro atoms. The van der Waals surface area contributed by atoms with E-state index in [2.05, 4.69) is 0 Å². The lowest BCUT2D eigenvalue weighted by atomic mass is 10.1. The lowest BCUT2D eigenvalue weighted by Gasteiger charge is -2.02. The lowest BCUT2D eigenvalue weighted by Crippen LogP contribution is -1.92. The van der Waals surface area contributed by atoms with E-state index in [1.165, 1.54) is 12.1 Å². The third-order valence-electron chi connectivity index (χ3n) is 2.13. The molecule has 1 aromatic rings. The summed E-state index contributed by atoms with van der Waals surface area (Å²) in [6.45, 7) is 3.82. The van der Waals surface area contributed by atoms with Crippen LogP contribution in [0.3, 0.4) is 0 Å². The van der Waals surface area contributed by atoms with Crippen molar-refractivity contribution in [1.29, 1.82) is 0 Å². The van der Waals surface area contributed by atoms with Gasteiger partial charge in [0, 0.05) is 12.1 Å². The molecule has 0 amide bonds. The van der Waals surface area contributed by atoms with Crippen molar-refractivity contribution >= 4 is 23.4 Å². The van der Waals surface area contributed by atoms with Crippen molar-refractivity contribution in [2.75, 3.05) is 0 Å². The lowest BCUT2D eigenvalue weighted by molar-refractivity contribution is -0.384. The van der Waals surface area contributed by atoms with E-state index in [0.717, 1.165) is 11.1 Å². The van der Waals surface area contributed by atoms with Gasteiger partial charge in [0.2, 0.25) is 0 Å². The first-order valence-corrected chi connectivity index (χ1v) is 5.01. The van der Waals surface area contributed by atoms with Crippen LogP contribution in [0.2, 0.25) is 0 Å². The van der Waals surface area contributed by atoms with Crippen LogP contribution in [0.5, 0.6) is 0 Å². The fourth-order valence-corrected chi connectivity index (χ4v) is 1.13. The molecule has 15 heavy (non-hydrogen) atoms. The molecule has 1 atom stereocenters. The zero-order chi connectivity index (χ0) is 11.4. The van der Waals surface area contributed by atoms with Crippen molar-refractivity contribution in [1.82, 2.24) is 0 Å². The van der Waals surface area contributed by atoms with Gasteiger partial charge in [-0.25, -0.2) is 0 Å². The van der Waals surface area contributed by atoms with Crippen LogP contribution in [-0.2, 0) is 0 Å². The first-order chi connectivity index (χ1) is 7.00. The number of halogens is 1. The number of allylic oxidation sites excluding steroid dienone is 1. The first-order valence-electron chi connectivity index (χ1n) is 4.57. The smallest absolute Gasteiger partial charge is 0.258 e. The minimum Gasteiger partial charge on any atom is -0.258 e. The van der Waals surface area contributed by atoms with Crippen molar-refractivity contribution < 1.29 is 4.92 Å². The van der Waals surface area contributed by atoms with E-state index in [9.17, 15) is 10.1 Å².